The Morgan fingerprint density at radius 2 is 2.33 bits per heavy atom. The number of allylic oxidation sites excluding steroid dienone is 2. The van der Waals surface area contributed by atoms with Crippen molar-refractivity contribution in [3.05, 3.63) is 24.3 Å². The summed E-state index contributed by atoms with van der Waals surface area (Å²) in [6.45, 7) is 0. The van der Waals surface area contributed by atoms with Gasteiger partial charge < -0.3 is 0 Å². The first kappa shape index (κ1) is 6.81. The molecular formula is C6H9ClN2. The first-order chi connectivity index (χ1) is 4.27. The molecule has 0 radical (unpaired) electrons. The first-order valence-electron chi connectivity index (χ1n) is 2.78. The zero-order chi connectivity index (χ0) is 6.74. The lowest BCUT2D eigenvalue weighted by molar-refractivity contribution is 0.561. The van der Waals surface area contributed by atoms with Crippen LogP contribution < -0.4 is 11.3 Å². The molecule has 1 aliphatic carbocycles. The van der Waals surface area contributed by atoms with Crippen LogP contribution in [0.25, 0.3) is 0 Å². The molecule has 0 aromatic carbocycles. The second-order valence-corrected chi connectivity index (χ2v) is 2.67. The number of nitrogens with two attached hydrogens (primary N) is 1. The van der Waals surface area contributed by atoms with Crippen LogP contribution >= 0.6 is 11.6 Å². The summed E-state index contributed by atoms with van der Waals surface area (Å²) in [5.41, 5.74) is 2.51. The van der Waals surface area contributed by atoms with Gasteiger partial charge in [-0.05, 0) is 6.08 Å². The Morgan fingerprint density at radius 3 is 2.67 bits per heavy atom. The Morgan fingerprint density at radius 1 is 1.56 bits per heavy atom. The van der Waals surface area contributed by atoms with Gasteiger partial charge in [-0.3, -0.25) is 5.84 Å². The van der Waals surface area contributed by atoms with Gasteiger partial charge in [-0.2, -0.15) is 0 Å². The molecule has 0 aliphatic heterocycles. The lowest BCUT2D eigenvalue weighted by Gasteiger charge is -2.21. The van der Waals surface area contributed by atoms with E-state index in [2.05, 4.69) is 5.43 Å². The number of nitrogens with one attached hydrogen (secondary N) is 1. The van der Waals surface area contributed by atoms with Gasteiger partial charge in [0.2, 0.25) is 0 Å². The molecule has 1 unspecified atom stereocenters. The summed E-state index contributed by atoms with van der Waals surface area (Å²) in [5, 5.41) is 0. The van der Waals surface area contributed by atoms with Crippen molar-refractivity contribution in [1.29, 1.82) is 0 Å². The van der Waals surface area contributed by atoms with Crippen LogP contribution in [0.2, 0.25) is 0 Å². The van der Waals surface area contributed by atoms with E-state index in [4.69, 9.17) is 17.4 Å². The fraction of sp³-hybridized carbons (Fsp3) is 0.333. The molecule has 1 rings (SSSR count). The molecule has 1 aliphatic rings. The summed E-state index contributed by atoms with van der Waals surface area (Å²) in [4.78, 5) is -0.547. The molecule has 0 saturated carbocycles. The average Bonchev–Trinajstić information content (AvgIpc) is 1.90. The Hall–Kier alpha value is -0.310. The second-order valence-electron chi connectivity index (χ2n) is 2.00. The third-order valence-electron chi connectivity index (χ3n) is 1.26. The van der Waals surface area contributed by atoms with E-state index < -0.39 is 5.00 Å². The van der Waals surface area contributed by atoms with Crippen molar-refractivity contribution in [3.63, 3.8) is 0 Å². The zero-order valence-corrected chi connectivity index (χ0v) is 5.73. The quantitative estimate of drug-likeness (QED) is 0.248. The highest BCUT2D eigenvalue weighted by molar-refractivity contribution is 6.25. The van der Waals surface area contributed by atoms with Crippen molar-refractivity contribution in [2.75, 3.05) is 0 Å². The molecule has 3 heteroatoms. The van der Waals surface area contributed by atoms with Gasteiger partial charge in [0.05, 0.1) is 0 Å². The van der Waals surface area contributed by atoms with Crippen molar-refractivity contribution in [3.8, 4) is 0 Å². The molecule has 9 heavy (non-hydrogen) atoms. The summed E-state index contributed by atoms with van der Waals surface area (Å²) < 4.78 is 0. The molecule has 3 N–H and O–H groups in total. The molecule has 1 atom stereocenters. The van der Waals surface area contributed by atoms with Crippen molar-refractivity contribution in [2.24, 2.45) is 5.84 Å². The SMILES string of the molecule is NNC1(Cl)C=CC=CC1. The van der Waals surface area contributed by atoms with E-state index in [0.29, 0.717) is 0 Å². The van der Waals surface area contributed by atoms with Crippen molar-refractivity contribution in [2.45, 2.75) is 11.4 Å². The highest BCUT2D eigenvalue weighted by Crippen LogP contribution is 2.20. The van der Waals surface area contributed by atoms with E-state index in [9.17, 15) is 0 Å². The standard InChI is InChI=1S/C6H9ClN2/c7-6(9-8)4-2-1-3-5-6/h1-4,9H,5,8H2. The molecular weight excluding hydrogens is 136 g/mol. The largest absolute Gasteiger partial charge is 0.270 e. The van der Waals surface area contributed by atoms with Gasteiger partial charge >= 0.3 is 0 Å². The highest BCUT2D eigenvalue weighted by Gasteiger charge is 2.20. The fourth-order valence-corrected chi connectivity index (χ4v) is 0.863. The van der Waals surface area contributed by atoms with E-state index in [1.807, 2.05) is 24.3 Å². The number of hydrazine groups is 1. The smallest absolute Gasteiger partial charge is 0.128 e. The minimum Gasteiger partial charge on any atom is -0.270 e. The molecule has 0 saturated heterocycles. The van der Waals surface area contributed by atoms with Crippen molar-refractivity contribution in [1.82, 2.24) is 5.43 Å². The van der Waals surface area contributed by atoms with Crippen LogP contribution in [0.15, 0.2) is 24.3 Å². The topological polar surface area (TPSA) is 38.0 Å². The number of halogens is 1. The molecule has 0 heterocycles. The Labute approximate surface area is 59.3 Å². The molecule has 0 bridgehead atoms. The zero-order valence-electron chi connectivity index (χ0n) is 4.97. The van der Waals surface area contributed by atoms with Crippen molar-refractivity contribution < 1.29 is 0 Å². The van der Waals surface area contributed by atoms with E-state index in [1.54, 1.807) is 0 Å². The van der Waals surface area contributed by atoms with Gasteiger partial charge in [-0.1, -0.05) is 29.8 Å². The molecule has 0 aromatic rings. The normalized spacial score (nSPS) is 33.1. The Kier molecular flexibility index (Phi) is 1.90. The van der Waals surface area contributed by atoms with E-state index in [-0.39, 0.29) is 0 Å². The first-order valence-corrected chi connectivity index (χ1v) is 3.16. The predicted molar refractivity (Wildman–Crippen MR) is 38.8 cm³/mol. The molecule has 2 nitrogen and oxygen atoms in total. The van der Waals surface area contributed by atoms with E-state index in [1.165, 1.54) is 0 Å². The summed E-state index contributed by atoms with van der Waals surface area (Å²) in [5.74, 6) is 5.17. The number of hydrogen-bond donors (Lipinski definition) is 2. The lowest BCUT2D eigenvalue weighted by atomic mass is 10.1. The number of alkyl halides is 1. The second kappa shape index (κ2) is 2.52. The Bertz CT molecular complexity index is 153. The minimum atomic E-state index is -0.547. The van der Waals surface area contributed by atoms with Crippen molar-refractivity contribution >= 4 is 11.6 Å². The van der Waals surface area contributed by atoms with Gasteiger partial charge in [0.15, 0.2) is 0 Å². The van der Waals surface area contributed by atoms with Gasteiger partial charge in [-0.15, -0.1) is 0 Å². The van der Waals surface area contributed by atoms with Crippen LogP contribution in [0, 0.1) is 0 Å². The van der Waals surface area contributed by atoms with Crippen LogP contribution in [0.1, 0.15) is 6.42 Å². The molecule has 0 fully saturated rings. The van der Waals surface area contributed by atoms with Crippen LogP contribution in [-0.2, 0) is 0 Å². The van der Waals surface area contributed by atoms with Crippen LogP contribution in [0.5, 0.6) is 0 Å². The number of rotatable bonds is 1. The van der Waals surface area contributed by atoms with Gasteiger partial charge in [0.1, 0.15) is 5.00 Å². The maximum atomic E-state index is 5.89. The van der Waals surface area contributed by atoms with Gasteiger partial charge in [0, 0.05) is 6.42 Å². The third-order valence-corrected chi connectivity index (χ3v) is 1.65. The summed E-state index contributed by atoms with van der Waals surface area (Å²) >= 11 is 5.89. The third kappa shape index (κ3) is 1.55. The monoisotopic (exact) mass is 144 g/mol. The minimum absolute atomic E-state index is 0.547. The summed E-state index contributed by atoms with van der Waals surface area (Å²) in [6, 6.07) is 0. The Balaban J connectivity index is 2.63. The van der Waals surface area contributed by atoms with Crippen LogP contribution in [0.3, 0.4) is 0 Å². The van der Waals surface area contributed by atoms with Crippen LogP contribution in [0.4, 0.5) is 0 Å². The van der Waals surface area contributed by atoms with Gasteiger partial charge in [0.25, 0.3) is 0 Å². The maximum absolute atomic E-state index is 5.89. The molecule has 0 amide bonds. The van der Waals surface area contributed by atoms with Gasteiger partial charge in [-0.25, -0.2) is 5.43 Å². The lowest BCUT2D eigenvalue weighted by Crippen LogP contribution is -2.43. The maximum Gasteiger partial charge on any atom is 0.128 e. The molecule has 0 aromatic heterocycles. The number of hydrogen-bond acceptors (Lipinski definition) is 2. The molecule has 50 valence electrons. The average molecular weight is 145 g/mol. The predicted octanol–water partition coefficient (Wildman–Crippen LogP) is 0.901. The molecule has 0 spiro atoms. The van der Waals surface area contributed by atoms with E-state index >= 15 is 0 Å². The highest BCUT2D eigenvalue weighted by atomic mass is 35.5. The fourth-order valence-electron chi connectivity index (χ4n) is 0.701. The van der Waals surface area contributed by atoms with E-state index in [0.717, 1.165) is 6.42 Å². The summed E-state index contributed by atoms with van der Waals surface area (Å²) in [6.07, 6.45) is 8.34. The summed E-state index contributed by atoms with van der Waals surface area (Å²) in [7, 11) is 0. The van der Waals surface area contributed by atoms with Crippen LogP contribution in [-0.4, -0.2) is 5.00 Å².